The molecule has 0 aliphatic carbocycles. The summed E-state index contributed by atoms with van der Waals surface area (Å²) in [5, 5.41) is 10.0. The Hall–Kier alpha value is -1.58. The Morgan fingerprint density at radius 2 is 1.95 bits per heavy atom. The van der Waals surface area contributed by atoms with Crippen molar-refractivity contribution in [1.29, 1.82) is 0 Å². The molecule has 0 spiro atoms. The van der Waals surface area contributed by atoms with E-state index in [4.69, 9.17) is 16.3 Å². The molecule has 106 valence electrons. The molecule has 4 heteroatoms. The fourth-order valence-corrected chi connectivity index (χ4v) is 2.10. The largest absolute Gasteiger partial charge is 0.488 e. The molecule has 2 aromatic rings. The van der Waals surface area contributed by atoms with Gasteiger partial charge in [-0.3, -0.25) is 0 Å². The van der Waals surface area contributed by atoms with Crippen LogP contribution < -0.4 is 4.74 Å². The van der Waals surface area contributed by atoms with Gasteiger partial charge in [-0.25, -0.2) is 4.39 Å². The van der Waals surface area contributed by atoms with Gasteiger partial charge < -0.3 is 9.84 Å². The van der Waals surface area contributed by atoms with Crippen molar-refractivity contribution < 1.29 is 14.2 Å². The van der Waals surface area contributed by atoms with Gasteiger partial charge in [-0.05, 0) is 18.6 Å². The van der Waals surface area contributed by atoms with Crippen LogP contribution in [-0.2, 0) is 6.61 Å². The van der Waals surface area contributed by atoms with E-state index in [0.717, 1.165) is 5.56 Å². The number of hydrogen-bond donors (Lipinski definition) is 1. The molecule has 0 radical (unpaired) electrons. The Kier molecular flexibility index (Phi) is 4.99. The molecular weight excluding hydrogens is 279 g/mol. The first kappa shape index (κ1) is 14.8. The highest BCUT2D eigenvalue weighted by atomic mass is 35.5. The summed E-state index contributed by atoms with van der Waals surface area (Å²) < 4.78 is 19.0. The van der Waals surface area contributed by atoms with Crippen molar-refractivity contribution in [2.45, 2.75) is 26.1 Å². The quantitative estimate of drug-likeness (QED) is 0.879. The lowest BCUT2D eigenvalue weighted by atomic mass is 10.1. The molecule has 0 saturated carbocycles. The molecule has 0 heterocycles. The Morgan fingerprint density at radius 3 is 2.70 bits per heavy atom. The van der Waals surface area contributed by atoms with E-state index >= 15 is 0 Å². The van der Waals surface area contributed by atoms with Gasteiger partial charge in [0.15, 0.2) is 0 Å². The van der Waals surface area contributed by atoms with Crippen LogP contribution in [0.25, 0.3) is 0 Å². The van der Waals surface area contributed by atoms with Crippen LogP contribution in [0, 0.1) is 5.82 Å². The normalized spacial score (nSPS) is 12.2. The molecule has 0 saturated heterocycles. The van der Waals surface area contributed by atoms with E-state index in [9.17, 15) is 9.50 Å². The van der Waals surface area contributed by atoms with Crippen LogP contribution in [0.15, 0.2) is 42.5 Å². The maximum Gasteiger partial charge on any atom is 0.142 e. The molecular formula is C16H16ClFO2. The van der Waals surface area contributed by atoms with Gasteiger partial charge in [0.05, 0.1) is 11.1 Å². The maximum atomic E-state index is 13.3. The zero-order valence-electron chi connectivity index (χ0n) is 11.1. The van der Waals surface area contributed by atoms with Crippen LogP contribution in [0.1, 0.15) is 30.6 Å². The Balaban J connectivity index is 2.17. The highest BCUT2D eigenvalue weighted by Crippen LogP contribution is 2.28. The van der Waals surface area contributed by atoms with Crippen molar-refractivity contribution >= 4 is 11.6 Å². The van der Waals surface area contributed by atoms with E-state index in [-0.39, 0.29) is 11.6 Å². The van der Waals surface area contributed by atoms with Crippen molar-refractivity contribution in [3.05, 3.63) is 64.4 Å². The van der Waals surface area contributed by atoms with Gasteiger partial charge >= 0.3 is 0 Å². The van der Waals surface area contributed by atoms with Crippen LogP contribution in [-0.4, -0.2) is 5.11 Å². The Labute approximate surface area is 122 Å². The molecule has 0 bridgehead atoms. The van der Waals surface area contributed by atoms with E-state index < -0.39 is 11.9 Å². The molecule has 0 aliphatic rings. The van der Waals surface area contributed by atoms with Crippen LogP contribution in [0.3, 0.4) is 0 Å². The molecule has 1 atom stereocenters. The third-order valence-electron chi connectivity index (χ3n) is 3.08. The number of para-hydroxylation sites is 1. The van der Waals surface area contributed by atoms with Crippen molar-refractivity contribution in [3.63, 3.8) is 0 Å². The first-order chi connectivity index (χ1) is 9.63. The summed E-state index contributed by atoms with van der Waals surface area (Å²) >= 11 is 5.88. The molecule has 0 amide bonds. The topological polar surface area (TPSA) is 29.5 Å². The van der Waals surface area contributed by atoms with Crippen LogP contribution in [0.2, 0.25) is 5.02 Å². The van der Waals surface area contributed by atoms with Crippen LogP contribution >= 0.6 is 11.6 Å². The monoisotopic (exact) mass is 294 g/mol. The lowest BCUT2D eigenvalue weighted by Gasteiger charge is -2.15. The Morgan fingerprint density at radius 1 is 1.20 bits per heavy atom. The Bertz CT molecular complexity index is 586. The predicted octanol–water partition coefficient (Wildman–Crippen LogP) is 4.50. The highest BCUT2D eigenvalue weighted by molar-refractivity contribution is 6.31. The summed E-state index contributed by atoms with van der Waals surface area (Å²) in [5.74, 6) is 0.122. The van der Waals surface area contributed by atoms with Crippen molar-refractivity contribution in [2.75, 3.05) is 0 Å². The van der Waals surface area contributed by atoms with E-state index in [1.54, 1.807) is 18.2 Å². The van der Waals surface area contributed by atoms with E-state index in [0.29, 0.717) is 17.7 Å². The standard InChI is InChI=1S/C16H16ClFO2/c1-2-14(19)12-7-3-4-9-15(12)20-10-11-6-5-8-13(18)16(11)17/h3-9,14,19H,2,10H2,1H3/t14-/m1/s1. The van der Waals surface area contributed by atoms with Crippen molar-refractivity contribution in [1.82, 2.24) is 0 Å². The number of hydrogen-bond acceptors (Lipinski definition) is 2. The third kappa shape index (κ3) is 3.30. The van der Waals surface area contributed by atoms with Gasteiger partial charge in [0.1, 0.15) is 18.2 Å². The van der Waals surface area contributed by atoms with E-state index in [1.807, 2.05) is 25.1 Å². The van der Waals surface area contributed by atoms with Gasteiger partial charge in [0, 0.05) is 11.1 Å². The molecule has 1 N–H and O–H groups in total. The average Bonchev–Trinajstić information content (AvgIpc) is 2.48. The molecule has 0 aromatic heterocycles. The second-order valence-electron chi connectivity index (χ2n) is 4.46. The SMILES string of the molecule is CC[C@@H](O)c1ccccc1OCc1cccc(F)c1Cl. The summed E-state index contributed by atoms with van der Waals surface area (Å²) in [6.45, 7) is 2.05. The van der Waals surface area contributed by atoms with Gasteiger partial charge in [0.2, 0.25) is 0 Å². The smallest absolute Gasteiger partial charge is 0.142 e. The van der Waals surface area contributed by atoms with Gasteiger partial charge in [-0.15, -0.1) is 0 Å². The summed E-state index contributed by atoms with van der Waals surface area (Å²) in [6.07, 6.45) is 0.0235. The fourth-order valence-electron chi connectivity index (χ4n) is 1.92. The zero-order chi connectivity index (χ0) is 14.5. The first-order valence-corrected chi connectivity index (χ1v) is 6.84. The molecule has 2 rings (SSSR count). The molecule has 0 aliphatic heterocycles. The van der Waals surface area contributed by atoms with Crippen LogP contribution in [0.5, 0.6) is 5.75 Å². The van der Waals surface area contributed by atoms with Crippen LogP contribution in [0.4, 0.5) is 4.39 Å². The molecule has 0 fully saturated rings. The van der Waals surface area contributed by atoms with Crippen molar-refractivity contribution in [3.8, 4) is 5.75 Å². The highest BCUT2D eigenvalue weighted by Gasteiger charge is 2.12. The second kappa shape index (κ2) is 6.73. The third-order valence-corrected chi connectivity index (χ3v) is 3.50. The number of aliphatic hydroxyl groups excluding tert-OH is 1. The van der Waals surface area contributed by atoms with Gasteiger partial charge in [-0.1, -0.05) is 48.9 Å². The summed E-state index contributed by atoms with van der Waals surface area (Å²) in [7, 11) is 0. The van der Waals surface area contributed by atoms with Gasteiger partial charge in [-0.2, -0.15) is 0 Å². The number of ether oxygens (including phenoxy) is 1. The fraction of sp³-hybridized carbons (Fsp3) is 0.250. The minimum absolute atomic E-state index is 0.0704. The summed E-state index contributed by atoms with van der Waals surface area (Å²) in [6, 6.07) is 11.9. The molecule has 2 nitrogen and oxygen atoms in total. The maximum absolute atomic E-state index is 13.3. The van der Waals surface area contributed by atoms with E-state index in [2.05, 4.69) is 0 Å². The van der Waals surface area contributed by atoms with Gasteiger partial charge in [0.25, 0.3) is 0 Å². The minimum atomic E-state index is -0.575. The minimum Gasteiger partial charge on any atom is -0.488 e. The lowest BCUT2D eigenvalue weighted by molar-refractivity contribution is 0.166. The summed E-state index contributed by atoms with van der Waals surface area (Å²) in [4.78, 5) is 0. The number of aliphatic hydroxyl groups is 1. The number of benzene rings is 2. The predicted molar refractivity (Wildman–Crippen MR) is 77.4 cm³/mol. The van der Waals surface area contributed by atoms with E-state index in [1.165, 1.54) is 6.07 Å². The molecule has 2 aromatic carbocycles. The lowest BCUT2D eigenvalue weighted by Crippen LogP contribution is -2.03. The zero-order valence-corrected chi connectivity index (χ0v) is 11.9. The van der Waals surface area contributed by atoms with Crippen molar-refractivity contribution in [2.24, 2.45) is 0 Å². The summed E-state index contributed by atoms with van der Waals surface area (Å²) in [5.41, 5.74) is 1.30. The second-order valence-corrected chi connectivity index (χ2v) is 4.84. The number of halogens is 2. The first-order valence-electron chi connectivity index (χ1n) is 6.46. The molecule has 20 heavy (non-hydrogen) atoms. The molecule has 0 unspecified atom stereocenters. The number of rotatable bonds is 5. The average molecular weight is 295 g/mol.